The summed E-state index contributed by atoms with van der Waals surface area (Å²) in [6.45, 7) is 6.73. The predicted molar refractivity (Wildman–Crippen MR) is 106 cm³/mol. The van der Waals surface area contributed by atoms with Crippen LogP contribution in [0.5, 0.6) is 0 Å². The Bertz CT molecular complexity index is 938. The van der Waals surface area contributed by atoms with Crippen LogP contribution in [0.4, 0.5) is 0 Å². The Morgan fingerprint density at radius 3 is 2.62 bits per heavy atom. The molecule has 1 N–H and O–H groups in total. The van der Waals surface area contributed by atoms with Gasteiger partial charge in [-0.25, -0.2) is 0 Å². The van der Waals surface area contributed by atoms with E-state index in [2.05, 4.69) is 25.6 Å². The van der Waals surface area contributed by atoms with Gasteiger partial charge in [-0.05, 0) is 57.8 Å². The minimum atomic E-state index is -0.108. The molecule has 8 nitrogen and oxygen atoms in total. The quantitative estimate of drug-likeness (QED) is 0.685. The van der Waals surface area contributed by atoms with Gasteiger partial charge in [-0.2, -0.15) is 0 Å². The summed E-state index contributed by atoms with van der Waals surface area (Å²) in [5.74, 6) is 2.09. The van der Waals surface area contributed by atoms with E-state index in [1.165, 1.54) is 0 Å². The van der Waals surface area contributed by atoms with Gasteiger partial charge in [-0.15, -0.1) is 10.2 Å². The molecule has 0 unspecified atom stereocenters. The van der Waals surface area contributed by atoms with E-state index >= 15 is 0 Å². The molecule has 3 aromatic rings. The molecule has 1 amide bonds. The summed E-state index contributed by atoms with van der Waals surface area (Å²) in [7, 11) is 0. The van der Waals surface area contributed by atoms with Crippen molar-refractivity contribution < 1.29 is 13.7 Å². The maximum absolute atomic E-state index is 12.4. The smallest absolute Gasteiger partial charge is 0.256 e. The number of amides is 1. The van der Waals surface area contributed by atoms with Crippen LogP contribution in [0.2, 0.25) is 0 Å². The number of carbonyl (C=O) groups excluding carboxylic acids is 1. The summed E-state index contributed by atoms with van der Waals surface area (Å²) in [5.41, 5.74) is 2.11. The molecule has 1 aromatic carbocycles. The molecule has 0 bridgehead atoms. The van der Waals surface area contributed by atoms with E-state index in [0.717, 1.165) is 31.5 Å². The van der Waals surface area contributed by atoms with Crippen molar-refractivity contribution in [3.63, 3.8) is 0 Å². The first-order valence-corrected chi connectivity index (χ1v) is 9.91. The number of likely N-dealkylation sites (tertiary alicyclic amines) is 1. The second kappa shape index (κ2) is 8.57. The van der Waals surface area contributed by atoms with E-state index < -0.39 is 0 Å². The van der Waals surface area contributed by atoms with Crippen molar-refractivity contribution >= 4 is 5.91 Å². The van der Waals surface area contributed by atoms with Crippen molar-refractivity contribution in [2.45, 2.75) is 33.2 Å². The number of aryl methyl sites for hydroxylation is 2. The lowest BCUT2D eigenvalue weighted by atomic mass is 9.96. The maximum Gasteiger partial charge on any atom is 0.256 e. The summed E-state index contributed by atoms with van der Waals surface area (Å²) < 4.78 is 10.9. The molecule has 4 rings (SSSR count). The minimum Gasteiger partial charge on any atom is -0.419 e. The first-order chi connectivity index (χ1) is 14.1. The zero-order valence-corrected chi connectivity index (χ0v) is 16.7. The van der Waals surface area contributed by atoms with E-state index in [4.69, 9.17) is 8.94 Å². The Kier molecular flexibility index (Phi) is 5.71. The van der Waals surface area contributed by atoms with Gasteiger partial charge in [0, 0.05) is 12.1 Å². The average Bonchev–Trinajstić information content (AvgIpc) is 3.34. The highest BCUT2D eigenvalue weighted by Gasteiger charge is 2.23. The number of piperidine rings is 1. The summed E-state index contributed by atoms with van der Waals surface area (Å²) in [4.78, 5) is 14.7. The van der Waals surface area contributed by atoms with Gasteiger partial charge in [0.25, 0.3) is 5.91 Å². The fourth-order valence-corrected chi connectivity index (χ4v) is 3.69. The third-order valence-corrected chi connectivity index (χ3v) is 5.37. The van der Waals surface area contributed by atoms with Crippen LogP contribution in [0.3, 0.4) is 0 Å². The second-order valence-corrected chi connectivity index (χ2v) is 7.50. The first-order valence-electron chi connectivity index (χ1n) is 9.91. The fraction of sp³-hybridized carbons (Fsp3) is 0.429. The largest absolute Gasteiger partial charge is 0.419 e. The molecule has 0 radical (unpaired) electrons. The summed E-state index contributed by atoms with van der Waals surface area (Å²) >= 11 is 0. The molecule has 0 spiro atoms. The first kappa shape index (κ1) is 19.3. The number of rotatable bonds is 6. The number of hydrogen-bond acceptors (Lipinski definition) is 7. The second-order valence-electron chi connectivity index (χ2n) is 7.50. The van der Waals surface area contributed by atoms with Gasteiger partial charge in [-0.3, -0.25) is 9.69 Å². The van der Waals surface area contributed by atoms with Gasteiger partial charge in [0.2, 0.25) is 11.8 Å². The van der Waals surface area contributed by atoms with Crippen LogP contribution < -0.4 is 5.32 Å². The lowest BCUT2D eigenvalue weighted by molar-refractivity contribution is 0.0932. The summed E-state index contributed by atoms with van der Waals surface area (Å²) in [5, 5.41) is 15.2. The number of nitrogens with one attached hydrogen (secondary N) is 1. The molecule has 1 aliphatic rings. The van der Waals surface area contributed by atoms with Gasteiger partial charge >= 0.3 is 0 Å². The zero-order chi connectivity index (χ0) is 20.2. The van der Waals surface area contributed by atoms with E-state index in [-0.39, 0.29) is 5.91 Å². The van der Waals surface area contributed by atoms with Crippen molar-refractivity contribution in [3.8, 4) is 11.5 Å². The average molecular weight is 395 g/mol. The maximum atomic E-state index is 12.4. The van der Waals surface area contributed by atoms with Crippen LogP contribution in [0.15, 0.2) is 39.3 Å². The fourth-order valence-electron chi connectivity index (χ4n) is 3.69. The van der Waals surface area contributed by atoms with Crippen molar-refractivity contribution in [3.05, 3.63) is 53.2 Å². The van der Waals surface area contributed by atoms with Crippen LogP contribution in [-0.4, -0.2) is 45.8 Å². The summed E-state index contributed by atoms with van der Waals surface area (Å²) in [6.07, 6.45) is 2.03. The third kappa shape index (κ3) is 4.54. The SMILES string of the molecule is Cc1noc(C)c1C(=O)NCC1CCN(Cc2nnc(-c3ccccc3)o2)CC1. The number of nitrogens with zero attached hydrogens (tertiary/aromatic N) is 4. The molecule has 0 atom stereocenters. The Morgan fingerprint density at radius 2 is 1.93 bits per heavy atom. The number of benzene rings is 1. The molecule has 8 heteroatoms. The molecule has 152 valence electrons. The standard InChI is InChI=1S/C21H25N5O3/c1-14-19(15(2)29-25-14)20(27)22-12-16-8-10-26(11-9-16)13-18-23-24-21(28-18)17-6-4-3-5-7-17/h3-7,16H,8-13H2,1-2H3,(H,22,27). The molecule has 1 fully saturated rings. The molecule has 1 saturated heterocycles. The van der Waals surface area contributed by atoms with Crippen molar-refractivity contribution in [2.75, 3.05) is 19.6 Å². The topological polar surface area (TPSA) is 97.3 Å². The van der Waals surface area contributed by atoms with Gasteiger partial charge in [-0.1, -0.05) is 23.4 Å². The van der Waals surface area contributed by atoms with E-state index in [1.54, 1.807) is 13.8 Å². The number of aromatic nitrogens is 3. The predicted octanol–water partition coefficient (Wildman–Crippen LogP) is 2.98. The molecular formula is C21H25N5O3. The Hall–Kier alpha value is -3.00. The van der Waals surface area contributed by atoms with Gasteiger partial charge in [0.1, 0.15) is 11.3 Å². The minimum absolute atomic E-state index is 0.108. The summed E-state index contributed by atoms with van der Waals surface area (Å²) in [6, 6.07) is 9.78. The highest BCUT2D eigenvalue weighted by Crippen LogP contribution is 2.21. The normalized spacial score (nSPS) is 15.5. The molecule has 0 aliphatic carbocycles. The zero-order valence-electron chi connectivity index (χ0n) is 16.7. The highest BCUT2D eigenvalue weighted by atomic mass is 16.5. The van der Waals surface area contributed by atoms with Crippen LogP contribution in [-0.2, 0) is 6.54 Å². The number of carbonyl (C=O) groups is 1. The lowest BCUT2D eigenvalue weighted by Crippen LogP contribution is -2.38. The Labute approximate surface area is 169 Å². The van der Waals surface area contributed by atoms with Crippen molar-refractivity contribution in [2.24, 2.45) is 5.92 Å². The molecule has 0 saturated carbocycles. The van der Waals surface area contributed by atoms with Crippen LogP contribution >= 0.6 is 0 Å². The molecule has 29 heavy (non-hydrogen) atoms. The van der Waals surface area contributed by atoms with E-state index in [9.17, 15) is 4.79 Å². The third-order valence-electron chi connectivity index (χ3n) is 5.37. The number of hydrogen-bond donors (Lipinski definition) is 1. The van der Waals surface area contributed by atoms with Gasteiger partial charge in [0.15, 0.2) is 0 Å². The van der Waals surface area contributed by atoms with Crippen LogP contribution in [0, 0.1) is 19.8 Å². The lowest BCUT2D eigenvalue weighted by Gasteiger charge is -2.31. The van der Waals surface area contributed by atoms with Gasteiger partial charge in [0.05, 0.1) is 12.2 Å². The monoisotopic (exact) mass is 395 g/mol. The highest BCUT2D eigenvalue weighted by molar-refractivity contribution is 5.96. The van der Waals surface area contributed by atoms with Crippen LogP contribution in [0.25, 0.3) is 11.5 Å². The molecule has 3 heterocycles. The van der Waals surface area contributed by atoms with Crippen molar-refractivity contribution in [1.82, 2.24) is 25.6 Å². The molecular weight excluding hydrogens is 370 g/mol. The van der Waals surface area contributed by atoms with Crippen LogP contribution in [0.1, 0.15) is 40.5 Å². The Morgan fingerprint density at radius 1 is 1.17 bits per heavy atom. The van der Waals surface area contributed by atoms with E-state index in [1.807, 2.05) is 30.3 Å². The van der Waals surface area contributed by atoms with Crippen molar-refractivity contribution in [1.29, 1.82) is 0 Å². The molecule has 2 aromatic heterocycles. The van der Waals surface area contributed by atoms with E-state index in [0.29, 0.717) is 47.8 Å². The molecule has 1 aliphatic heterocycles. The van der Waals surface area contributed by atoms with Gasteiger partial charge < -0.3 is 14.3 Å². The Balaban J connectivity index is 1.24.